The summed E-state index contributed by atoms with van der Waals surface area (Å²) in [5, 5.41) is 9.40. The summed E-state index contributed by atoms with van der Waals surface area (Å²) in [4.78, 5) is 27.6. The molecule has 0 aromatic carbocycles. The maximum Gasteiger partial charge on any atom is 0.308 e. The molecule has 0 bridgehead atoms. The number of unbranched alkanes of at least 4 members (excludes halogenated alkanes) is 23. The first kappa shape index (κ1) is 50.9. The molecule has 0 heterocycles. The molecule has 6 heteroatoms. The zero-order valence-corrected chi connectivity index (χ0v) is 35.6. The summed E-state index contributed by atoms with van der Waals surface area (Å²) in [6.45, 7) is 12.7. The van der Waals surface area contributed by atoms with Crippen molar-refractivity contribution in [1.82, 2.24) is 4.90 Å². The minimum atomic E-state index is -0.0324. The van der Waals surface area contributed by atoms with Gasteiger partial charge in [-0.15, -0.1) is 0 Å². The molecule has 0 aromatic heterocycles. The molecule has 0 radical (unpaired) electrons. The Bertz CT molecular complexity index is 730. The Labute approximate surface area is 324 Å². The lowest BCUT2D eigenvalue weighted by atomic mass is 10.0. The molecule has 1 N–H and O–H groups in total. The van der Waals surface area contributed by atoms with E-state index in [-0.39, 0.29) is 30.6 Å². The number of ether oxygens (including phenoxy) is 2. The Morgan fingerprint density at radius 3 is 1.40 bits per heavy atom. The van der Waals surface area contributed by atoms with Gasteiger partial charge < -0.3 is 19.5 Å². The van der Waals surface area contributed by atoms with Crippen LogP contribution in [0.5, 0.6) is 0 Å². The van der Waals surface area contributed by atoms with Crippen molar-refractivity contribution in [3.63, 3.8) is 0 Å². The second-order valence-corrected chi connectivity index (χ2v) is 16.1. The highest BCUT2D eigenvalue weighted by Gasteiger charge is 2.19. The number of hydrogen-bond acceptors (Lipinski definition) is 6. The third-order valence-electron chi connectivity index (χ3n) is 10.8. The van der Waals surface area contributed by atoms with Crippen molar-refractivity contribution in [3.8, 4) is 0 Å². The van der Waals surface area contributed by atoms with E-state index in [0.29, 0.717) is 13.0 Å². The SMILES string of the molecule is CCCCCCCCCCOC(=O)CCCCCCN(CCCO)CCCCCCC(C)C(=O)OC(CCCCCCCC)CCCCCCCC. The van der Waals surface area contributed by atoms with Crippen molar-refractivity contribution in [1.29, 1.82) is 0 Å². The van der Waals surface area contributed by atoms with Crippen LogP contribution in [-0.4, -0.2) is 60.9 Å². The number of hydrogen-bond donors (Lipinski definition) is 1. The highest BCUT2D eigenvalue weighted by Crippen LogP contribution is 2.20. The van der Waals surface area contributed by atoms with Gasteiger partial charge in [0.2, 0.25) is 0 Å². The molecule has 1 unspecified atom stereocenters. The van der Waals surface area contributed by atoms with Gasteiger partial charge in [-0.3, -0.25) is 9.59 Å². The van der Waals surface area contributed by atoms with Crippen LogP contribution in [0, 0.1) is 5.92 Å². The standard InChI is InChI=1S/C46H91NO5/c1-5-8-11-14-17-18-25-32-42-51-45(49)37-29-22-24-31-39-47(40-33-41-48)38-30-23-21-26-34-43(4)46(50)52-44(35-27-19-15-12-9-6-2)36-28-20-16-13-10-7-3/h43-44,48H,5-42H2,1-4H3. The normalized spacial score (nSPS) is 12.2. The third-order valence-corrected chi connectivity index (χ3v) is 10.8. The lowest BCUT2D eigenvalue weighted by Gasteiger charge is -2.22. The van der Waals surface area contributed by atoms with Gasteiger partial charge in [0.1, 0.15) is 6.10 Å². The van der Waals surface area contributed by atoms with Gasteiger partial charge in [-0.1, -0.05) is 169 Å². The Morgan fingerprint density at radius 2 is 0.904 bits per heavy atom. The van der Waals surface area contributed by atoms with Gasteiger partial charge in [0.15, 0.2) is 0 Å². The summed E-state index contributed by atoms with van der Waals surface area (Å²) < 4.78 is 11.6. The molecular weight excluding hydrogens is 647 g/mol. The first-order valence-corrected chi connectivity index (χ1v) is 23.2. The number of rotatable bonds is 42. The van der Waals surface area contributed by atoms with Gasteiger partial charge in [0, 0.05) is 19.6 Å². The van der Waals surface area contributed by atoms with E-state index in [1.54, 1.807) is 0 Å². The first-order chi connectivity index (χ1) is 25.5. The Kier molecular flexibility index (Phi) is 40.1. The second kappa shape index (κ2) is 41.0. The van der Waals surface area contributed by atoms with Crippen LogP contribution < -0.4 is 0 Å². The van der Waals surface area contributed by atoms with Crippen LogP contribution in [-0.2, 0) is 19.1 Å². The van der Waals surface area contributed by atoms with Crippen molar-refractivity contribution in [2.24, 2.45) is 5.92 Å². The van der Waals surface area contributed by atoms with Crippen LogP contribution in [0.25, 0.3) is 0 Å². The summed E-state index contributed by atoms with van der Waals surface area (Å²) in [5.41, 5.74) is 0. The third kappa shape index (κ3) is 35.9. The van der Waals surface area contributed by atoms with Crippen molar-refractivity contribution in [2.45, 2.75) is 246 Å². The van der Waals surface area contributed by atoms with Crippen molar-refractivity contribution in [2.75, 3.05) is 32.8 Å². The quantitative estimate of drug-likeness (QED) is 0.0496. The number of carbonyl (C=O) groups excluding carboxylic acids is 2. The minimum absolute atomic E-state index is 0.0191. The summed E-state index contributed by atoms with van der Waals surface area (Å²) in [6.07, 6.45) is 38.7. The largest absolute Gasteiger partial charge is 0.466 e. The van der Waals surface area contributed by atoms with Crippen molar-refractivity contribution in [3.05, 3.63) is 0 Å². The summed E-state index contributed by atoms with van der Waals surface area (Å²) >= 11 is 0. The molecule has 52 heavy (non-hydrogen) atoms. The maximum absolute atomic E-state index is 13.0. The fraction of sp³-hybridized carbons (Fsp3) is 0.957. The molecule has 310 valence electrons. The van der Waals surface area contributed by atoms with Gasteiger partial charge in [-0.2, -0.15) is 0 Å². The van der Waals surface area contributed by atoms with Crippen LogP contribution in [0.3, 0.4) is 0 Å². The number of aliphatic hydroxyl groups excluding tert-OH is 1. The fourth-order valence-corrected chi connectivity index (χ4v) is 7.19. The predicted molar refractivity (Wildman–Crippen MR) is 223 cm³/mol. The zero-order valence-electron chi connectivity index (χ0n) is 35.6. The summed E-state index contributed by atoms with van der Waals surface area (Å²) in [6, 6.07) is 0. The molecule has 0 saturated carbocycles. The smallest absolute Gasteiger partial charge is 0.308 e. The van der Waals surface area contributed by atoms with Crippen LogP contribution >= 0.6 is 0 Å². The molecular formula is C46H91NO5. The summed E-state index contributed by atoms with van der Waals surface area (Å²) in [5.74, 6) is -0.0303. The molecule has 0 amide bonds. The minimum Gasteiger partial charge on any atom is -0.466 e. The molecule has 0 rings (SSSR count). The molecule has 0 fully saturated rings. The van der Waals surface area contributed by atoms with E-state index in [4.69, 9.17) is 9.47 Å². The molecule has 0 aromatic rings. The maximum atomic E-state index is 13.0. The van der Waals surface area contributed by atoms with Gasteiger partial charge in [0.25, 0.3) is 0 Å². The predicted octanol–water partition coefficient (Wildman–Crippen LogP) is 13.3. The van der Waals surface area contributed by atoms with Crippen LogP contribution in [0.1, 0.15) is 240 Å². The zero-order chi connectivity index (χ0) is 38.2. The van der Waals surface area contributed by atoms with E-state index in [9.17, 15) is 14.7 Å². The van der Waals surface area contributed by atoms with E-state index in [2.05, 4.69) is 32.6 Å². The number of nitrogens with zero attached hydrogens (tertiary/aromatic N) is 1. The molecule has 0 aliphatic carbocycles. The van der Waals surface area contributed by atoms with E-state index in [1.165, 1.54) is 128 Å². The fourth-order valence-electron chi connectivity index (χ4n) is 7.19. The molecule has 0 aliphatic heterocycles. The lowest BCUT2D eigenvalue weighted by molar-refractivity contribution is -0.154. The molecule has 0 aliphatic rings. The van der Waals surface area contributed by atoms with E-state index < -0.39 is 0 Å². The average Bonchev–Trinajstić information content (AvgIpc) is 3.14. The summed E-state index contributed by atoms with van der Waals surface area (Å²) in [7, 11) is 0. The van der Waals surface area contributed by atoms with E-state index in [0.717, 1.165) is 96.7 Å². The van der Waals surface area contributed by atoms with Crippen molar-refractivity contribution >= 4 is 11.9 Å². The lowest BCUT2D eigenvalue weighted by Crippen LogP contribution is -2.28. The molecule has 6 nitrogen and oxygen atoms in total. The van der Waals surface area contributed by atoms with Crippen LogP contribution in [0.2, 0.25) is 0 Å². The number of esters is 2. The first-order valence-electron chi connectivity index (χ1n) is 23.2. The monoisotopic (exact) mass is 738 g/mol. The Balaban J connectivity index is 4.15. The molecule has 0 spiro atoms. The van der Waals surface area contributed by atoms with Crippen molar-refractivity contribution < 1.29 is 24.2 Å². The van der Waals surface area contributed by atoms with E-state index in [1.807, 2.05) is 0 Å². The van der Waals surface area contributed by atoms with Gasteiger partial charge in [-0.05, 0) is 77.3 Å². The van der Waals surface area contributed by atoms with Gasteiger partial charge in [0.05, 0.1) is 12.5 Å². The van der Waals surface area contributed by atoms with Crippen LogP contribution in [0.4, 0.5) is 0 Å². The highest BCUT2D eigenvalue weighted by atomic mass is 16.5. The Hall–Kier alpha value is -1.14. The average molecular weight is 738 g/mol. The number of aliphatic hydroxyl groups is 1. The topological polar surface area (TPSA) is 76.1 Å². The van der Waals surface area contributed by atoms with E-state index >= 15 is 0 Å². The Morgan fingerprint density at radius 1 is 0.500 bits per heavy atom. The van der Waals surface area contributed by atoms with Gasteiger partial charge in [-0.25, -0.2) is 0 Å². The highest BCUT2D eigenvalue weighted by molar-refractivity contribution is 5.72. The van der Waals surface area contributed by atoms with Gasteiger partial charge >= 0.3 is 11.9 Å². The number of carbonyl (C=O) groups is 2. The molecule has 0 saturated heterocycles. The molecule has 1 atom stereocenters. The van der Waals surface area contributed by atoms with Crippen LogP contribution in [0.15, 0.2) is 0 Å². The second-order valence-electron chi connectivity index (χ2n) is 16.1.